The smallest absolute Gasteiger partial charge is 0.435 e. The quantitative estimate of drug-likeness (QED) is 0.802. The average molecular weight is 322 g/mol. The molecule has 1 aliphatic rings. The number of aromatic nitrogens is 2. The highest BCUT2D eigenvalue weighted by Gasteiger charge is 2.19. The van der Waals surface area contributed by atoms with Crippen molar-refractivity contribution in [3.63, 3.8) is 0 Å². The minimum absolute atomic E-state index is 0.477. The summed E-state index contributed by atoms with van der Waals surface area (Å²) < 4.78 is 12.3. The van der Waals surface area contributed by atoms with Gasteiger partial charge in [-0.2, -0.15) is 4.68 Å². The van der Waals surface area contributed by atoms with Crippen LogP contribution >= 0.6 is 0 Å². The first-order valence-corrected chi connectivity index (χ1v) is 8.86. The Morgan fingerprint density at radius 1 is 1.17 bits per heavy atom. The van der Waals surface area contributed by atoms with Crippen LogP contribution in [-0.4, -0.2) is 28.1 Å². The van der Waals surface area contributed by atoms with E-state index in [1.807, 2.05) is 20.8 Å². The van der Waals surface area contributed by atoms with E-state index in [1.165, 1.54) is 56.0 Å². The van der Waals surface area contributed by atoms with Crippen LogP contribution in [0.1, 0.15) is 72.1 Å². The van der Waals surface area contributed by atoms with E-state index in [1.54, 1.807) is 12.3 Å². The van der Waals surface area contributed by atoms with Gasteiger partial charge in [0, 0.05) is 12.3 Å². The first-order valence-electron chi connectivity index (χ1n) is 8.86. The molecule has 5 nitrogen and oxygen atoms in total. The molecule has 0 amide bonds. The largest absolute Gasteiger partial charge is 0.476 e. The molecule has 1 aliphatic carbocycles. The van der Waals surface area contributed by atoms with Crippen molar-refractivity contribution in [3.05, 3.63) is 12.3 Å². The third-order valence-electron chi connectivity index (χ3n) is 4.09. The number of ether oxygens (including phenoxy) is 2. The van der Waals surface area contributed by atoms with Gasteiger partial charge in [-0.05, 0) is 39.5 Å². The zero-order valence-corrected chi connectivity index (χ0v) is 14.7. The van der Waals surface area contributed by atoms with Crippen LogP contribution in [0, 0.1) is 5.92 Å². The molecule has 1 fully saturated rings. The zero-order valence-electron chi connectivity index (χ0n) is 14.7. The van der Waals surface area contributed by atoms with Crippen molar-refractivity contribution < 1.29 is 14.3 Å². The summed E-state index contributed by atoms with van der Waals surface area (Å²) in [6, 6.07) is 1.72. The third kappa shape index (κ3) is 6.63. The van der Waals surface area contributed by atoms with Crippen molar-refractivity contribution in [1.29, 1.82) is 0 Å². The maximum atomic E-state index is 11.9. The molecule has 0 aromatic carbocycles. The van der Waals surface area contributed by atoms with Crippen molar-refractivity contribution in [3.8, 4) is 5.88 Å². The van der Waals surface area contributed by atoms with E-state index < -0.39 is 11.7 Å². The lowest BCUT2D eigenvalue weighted by Gasteiger charge is -2.18. The number of rotatable bonds is 3. The summed E-state index contributed by atoms with van der Waals surface area (Å²) in [5, 5.41) is 4.16. The molecule has 0 unspecified atom stereocenters. The van der Waals surface area contributed by atoms with Gasteiger partial charge in [0.1, 0.15) is 5.60 Å². The molecule has 1 heterocycles. The predicted molar refractivity (Wildman–Crippen MR) is 89.8 cm³/mol. The van der Waals surface area contributed by atoms with Crippen LogP contribution in [0.5, 0.6) is 5.88 Å². The van der Waals surface area contributed by atoms with Crippen molar-refractivity contribution in [2.75, 3.05) is 6.61 Å². The van der Waals surface area contributed by atoms with E-state index in [4.69, 9.17) is 9.47 Å². The standard InChI is InChI=1S/C18H30N2O3/c1-18(2,3)23-17(21)20-13-12-16(19-20)22-14-15-10-8-6-4-5-7-9-11-15/h12-13,15H,4-11,14H2,1-3H3. The second-order valence-corrected chi connectivity index (χ2v) is 7.45. The molecule has 0 aliphatic heterocycles. The lowest BCUT2D eigenvalue weighted by Crippen LogP contribution is -2.27. The van der Waals surface area contributed by atoms with E-state index in [0.29, 0.717) is 18.4 Å². The van der Waals surface area contributed by atoms with E-state index in [2.05, 4.69) is 5.10 Å². The van der Waals surface area contributed by atoms with E-state index >= 15 is 0 Å². The highest BCUT2D eigenvalue weighted by atomic mass is 16.6. The van der Waals surface area contributed by atoms with Gasteiger partial charge in [-0.25, -0.2) is 4.79 Å². The van der Waals surface area contributed by atoms with Crippen LogP contribution in [0.2, 0.25) is 0 Å². The van der Waals surface area contributed by atoms with Crippen LogP contribution in [0.15, 0.2) is 12.3 Å². The molecule has 5 heteroatoms. The Balaban J connectivity index is 1.82. The van der Waals surface area contributed by atoms with Crippen molar-refractivity contribution in [2.24, 2.45) is 5.92 Å². The first-order chi connectivity index (χ1) is 10.9. The molecule has 0 radical (unpaired) electrons. The number of hydrogen-bond acceptors (Lipinski definition) is 4. The van der Waals surface area contributed by atoms with Gasteiger partial charge < -0.3 is 9.47 Å². The molecule has 0 spiro atoms. The van der Waals surface area contributed by atoms with Gasteiger partial charge in [0.25, 0.3) is 0 Å². The molecular weight excluding hydrogens is 292 g/mol. The molecule has 0 bridgehead atoms. The van der Waals surface area contributed by atoms with Gasteiger partial charge in [-0.3, -0.25) is 0 Å². The van der Waals surface area contributed by atoms with E-state index in [9.17, 15) is 4.79 Å². The number of carbonyl (C=O) groups is 1. The first kappa shape index (κ1) is 17.8. The van der Waals surface area contributed by atoms with E-state index in [-0.39, 0.29) is 0 Å². The molecule has 1 saturated carbocycles. The van der Waals surface area contributed by atoms with Gasteiger partial charge in [0.05, 0.1) is 6.61 Å². The summed E-state index contributed by atoms with van der Waals surface area (Å²) >= 11 is 0. The fourth-order valence-corrected chi connectivity index (χ4v) is 2.88. The lowest BCUT2D eigenvalue weighted by atomic mass is 9.98. The molecule has 0 atom stereocenters. The van der Waals surface area contributed by atoms with Crippen LogP contribution in [0.3, 0.4) is 0 Å². The Hall–Kier alpha value is -1.52. The SMILES string of the molecule is CC(C)(C)OC(=O)n1ccc(OCC2CCCCCCCC2)n1. The molecule has 23 heavy (non-hydrogen) atoms. The van der Waals surface area contributed by atoms with Crippen molar-refractivity contribution >= 4 is 6.09 Å². The average Bonchev–Trinajstić information content (AvgIpc) is 2.97. The summed E-state index contributed by atoms with van der Waals surface area (Å²) in [7, 11) is 0. The highest BCUT2D eigenvalue weighted by molar-refractivity contribution is 5.69. The Morgan fingerprint density at radius 3 is 2.39 bits per heavy atom. The minimum atomic E-state index is -0.526. The Kier molecular flexibility index (Phi) is 6.48. The van der Waals surface area contributed by atoms with Gasteiger partial charge in [-0.15, -0.1) is 5.10 Å². The third-order valence-corrected chi connectivity index (χ3v) is 4.09. The predicted octanol–water partition coefficient (Wildman–Crippen LogP) is 4.80. The van der Waals surface area contributed by atoms with Gasteiger partial charge >= 0.3 is 6.09 Å². The molecule has 0 N–H and O–H groups in total. The second kappa shape index (κ2) is 8.37. The summed E-state index contributed by atoms with van der Waals surface area (Å²) in [4.78, 5) is 11.9. The Labute approximate surface area is 139 Å². The van der Waals surface area contributed by atoms with Crippen molar-refractivity contribution in [1.82, 2.24) is 9.78 Å². The van der Waals surface area contributed by atoms with Crippen LogP contribution < -0.4 is 4.74 Å². The lowest BCUT2D eigenvalue weighted by molar-refractivity contribution is 0.0511. The zero-order chi connectivity index (χ0) is 16.7. The molecule has 1 aromatic heterocycles. The minimum Gasteiger partial charge on any atom is -0.476 e. The molecule has 1 aromatic rings. The van der Waals surface area contributed by atoms with Crippen molar-refractivity contribution in [2.45, 2.75) is 77.7 Å². The normalized spacial score (nSPS) is 17.9. The Bertz CT molecular complexity index is 481. The maximum absolute atomic E-state index is 11.9. The second-order valence-electron chi connectivity index (χ2n) is 7.45. The number of nitrogens with zero attached hydrogens (tertiary/aromatic N) is 2. The number of hydrogen-bond donors (Lipinski definition) is 0. The van der Waals surface area contributed by atoms with Crippen LogP contribution in [0.25, 0.3) is 0 Å². The summed E-state index contributed by atoms with van der Waals surface area (Å²) in [5.41, 5.74) is -0.526. The summed E-state index contributed by atoms with van der Waals surface area (Å²) in [6.07, 6.45) is 11.6. The number of carbonyl (C=O) groups excluding carboxylic acids is 1. The Morgan fingerprint density at radius 2 is 1.78 bits per heavy atom. The molecule has 130 valence electrons. The summed E-state index contributed by atoms with van der Waals surface area (Å²) in [5.74, 6) is 1.09. The van der Waals surface area contributed by atoms with E-state index in [0.717, 1.165) is 0 Å². The maximum Gasteiger partial charge on any atom is 0.435 e. The van der Waals surface area contributed by atoms with Gasteiger partial charge in [0.15, 0.2) is 0 Å². The highest BCUT2D eigenvalue weighted by Crippen LogP contribution is 2.22. The summed E-state index contributed by atoms with van der Waals surface area (Å²) in [6.45, 7) is 6.19. The van der Waals surface area contributed by atoms with Crippen LogP contribution in [0.4, 0.5) is 4.79 Å². The monoisotopic (exact) mass is 322 g/mol. The van der Waals surface area contributed by atoms with Crippen LogP contribution in [-0.2, 0) is 4.74 Å². The van der Waals surface area contributed by atoms with Gasteiger partial charge in [-0.1, -0.05) is 38.5 Å². The molecule has 0 saturated heterocycles. The van der Waals surface area contributed by atoms with Gasteiger partial charge in [0.2, 0.25) is 5.88 Å². The fourth-order valence-electron chi connectivity index (χ4n) is 2.88. The molecule has 2 rings (SSSR count). The molecular formula is C18H30N2O3. The fraction of sp³-hybridized carbons (Fsp3) is 0.778. The topological polar surface area (TPSA) is 53.4 Å².